The molecule has 8 heteroatoms. The number of nitrogens with one attached hydrogen (secondary N) is 2. The number of aromatic amines is 2. The molecule has 2 heterocycles. The second kappa shape index (κ2) is 7.59. The molecule has 0 bridgehead atoms. The minimum Gasteiger partial charge on any atom is -0.493 e. The van der Waals surface area contributed by atoms with Crippen molar-refractivity contribution in [2.45, 2.75) is 6.42 Å². The zero-order valence-electron chi connectivity index (χ0n) is 15.2. The molecular formula is C21H17FN4O3. The van der Waals surface area contributed by atoms with Crippen LogP contribution in [0.3, 0.4) is 0 Å². The lowest BCUT2D eigenvalue weighted by molar-refractivity contribution is 0.430. The Kier molecular flexibility index (Phi) is 4.82. The highest BCUT2D eigenvalue weighted by Crippen LogP contribution is 2.18. The van der Waals surface area contributed by atoms with Gasteiger partial charge in [-0.25, -0.2) is 13.8 Å². The number of para-hydroxylation sites is 1. The average molecular weight is 392 g/mol. The molecule has 0 aliphatic heterocycles. The van der Waals surface area contributed by atoms with Crippen LogP contribution in [0.1, 0.15) is 11.1 Å². The Labute approximate surface area is 163 Å². The standard InChI is InChI=1S/C21H17FN4O3/c22-14-4-3-5-15(10-14)26-20(28)17(19(27)25-21(26)29)12-23-9-8-13-11-24-18-7-2-1-6-16(13)18/h1-7,10-12,24,28H,8-9H2,(H,25,27,29). The van der Waals surface area contributed by atoms with Gasteiger partial charge in [-0.15, -0.1) is 0 Å². The normalized spacial score (nSPS) is 11.5. The van der Waals surface area contributed by atoms with Crippen molar-refractivity contribution in [2.75, 3.05) is 6.54 Å². The number of hydrogen-bond acceptors (Lipinski definition) is 4. The molecular weight excluding hydrogens is 375 g/mol. The molecule has 3 N–H and O–H groups in total. The summed E-state index contributed by atoms with van der Waals surface area (Å²) < 4.78 is 14.3. The summed E-state index contributed by atoms with van der Waals surface area (Å²) in [6.07, 6.45) is 3.76. The van der Waals surface area contributed by atoms with E-state index in [1.54, 1.807) is 0 Å². The van der Waals surface area contributed by atoms with E-state index < -0.39 is 22.9 Å². The van der Waals surface area contributed by atoms with Crippen molar-refractivity contribution in [3.8, 4) is 11.6 Å². The van der Waals surface area contributed by atoms with Crippen molar-refractivity contribution in [1.29, 1.82) is 0 Å². The van der Waals surface area contributed by atoms with Crippen molar-refractivity contribution in [3.05, 3.63) is 92.5 Å². The number of benzene rings is 2. The molecule has 0 amide bonds. The predicted octanol–water partition coefficient (Wildman–Crippen LogP) is 2.51. The topological polar surface area (TPSA) is 103 Å². The van der Waals surface area contributed by atoms with Gasteiger partial charge < -0.3 is 10.1 Å². The Morgan fingerprint density at radius 1 is 1.14 bits per heavy atom. The van der Waals surface area contributed by atoms with Gasteiger partial charge in [0.2, 0.25) is 5.88 Å². The highest BCUT2D eigenvalue weighted by molar-refractivity contribution is 5.83. The average Bonchev–Trinajstić information content (AvgIpc) is 3.10. The summed E-state index contributed by atoms with van der Waals surface area (Å²) in [7, 11) is 0. The Bertz CT molecular complexity index is 1330. The summed E-state index contributed by atoms with van der Waals surface area (Å²) >= 11 is 0. The molecule has 0 radical (unpaired) electrons. The van der Waals surface area contributed by atoms with E-state index in [0.717, 1.165) is 27.1 Å². The molecule has 0 saturated carbocycles. The summed E-state index contributed by atoms with van der Waals surface area (Å²) in [5.41, 5.74) is 0.401. The lowest BCUT2D eigenvalue weighted by Gasteiger charge is -2.09. The van der Waals surface area contributed by atoms with Gasteiger partial charge in [0.25, 0.3) is 5.56 Å². The molecule has 0 spiro atoms. The zero-order chi connectivity index (χ0) is 20.4. The molecule has 0 atom stereocenters. The van der Waals surface area contributed by atoms with E-state index in [9.17, 15) is 19.1 Å². The second-order valence-electron chi connectivity index (χ2n) is 6.46. The minimum absolute atomic E-state index is 0.0946. The molecule has 0 aliphatic carbocycles. The third-order valence-corrected chi connectivity index (χ3v) is 4.59. The quantitative estimate of drug-likeness (QED) is 0.455. The molecule has 4 aromatic rings. The molecule has 0 unspecified atom stereocenters. The van der Waals surface area contributed by atoms with Crippen molar-refractivity contribution < 1.29 is 9.50 Å². The SMILES string of the molecule is O=c1[nH]c(=O)n(-c2cccc(F)c2)c(O)c1C=NCCc1c[nH]c2ccccc12. The molecule has 7 nitrogen and oxygen atoms in total. The van der Waals surface area contributed by atoms with Crippen LogP contribution in [-0.2, 0) is 6.42 Å². The van der Waals surface area contributed by atoms with Crippen LogP contribution in [0.2, 0.25) is 0 Å². The number of halogens is 1. The zero-order valence-corrected chi connectivity index (χ0v) is 15.2. The predicted molar refractivity (Wildman–Crippen MR) is 109 cm³/mol. The van der Waals surface area contributed by atoms with Gasteiger partial charge in [-0.2, -0.15) is 0 Å². The van der Waals surface area contributed by atoms with Crippen molar-refractivity contribution in [1.82, 2.24) is 14.5 Å². The molecule has 4 rings (SSSR count). The Balaban J connectivity index is 1.61. The monoisotopic (exact) mass is 392 g/mol. The smallest absolute Gasteiger partial charge is 0.335 e. The number of aliphatic imine (C=N–C) groups is 1. The number of H-pyrrole nitrogens is 2. The van der Waals surface area contributed by atoms with E-state index in [2.05, 4.69) is 15.0 Å². The van der Waals surface area contributed by atoms with Gasteiger partial charge in [-0.1, -0.05) is 24.3 Å². The lowest BCUT2D eigenvalue weighted by atomic mass is 10.1. The number of hydrogen-bond donors (Lipinski definition) is 3. The number of rotatable bonds is 5. The maximum absolute atomic E-state index is 13.5. The summed E-state index contributed by atoms with van der Waals surface area (Å²) in [5, 5.41) is 11.5. The number of aromatic hydroxyl groups is 1. The molecule has 0 saturated heterocycles. The van der Waals surface area contributed by atoms with Crippen molar-refractivity contribution >= 4 is 17.1 Å². The van der Waals surface area contributed by atoms with Crippen LogP contribution >= 0.6 is 0 Å². The fourth-order valence-electron chi connectivity index (χ4n) is 3.19. The first-order valence-corrected chi connectivity index (χ1v) is 8.93. The van der Waals surface area contributed by atoms with Gasteiger partial charge in [0, 0.05) is 29.9 Å². The molecule has 146 valence electrons. The number of fused-ring (bicyclic) bond motifs is 1. The van der Waals surface area contributed by atoms with Crippen molar-refractivity contribution in [2.24, 2.45) is 4.99 Å². The first kappa shape index (κ1) is 18.4. The molecule has 0 fully saturated rings. The maximum Gasteiger partial charge on any atom is 0.335 e. The van der Waals surface area contributed by atoms with Gasteiger partial charge in [-0.3, -0.25) is 14.8 Å². The lowest BCUT2D eigenvalue weighted by Crippen LogP contribution is -2.31. The third kappa shape index (κ3) is 3.60. The summed E-state index contributed by atoms with van der Waals surface area (Å²) in [6, 6.07) is 13.0. The Morgan fingerprint density at radius 2 is 1.97 bits per heavy atom. The van der Waals surface area contributed by atoms with Gasteiger partial charge in [0.15, 0.2) is 0 Å². The van der Waals surface area contributed by atoms with E-state index in [1.165, 1.54) is 24.4 Å². The van der Waals surface area contributed by atoms with E-state index in [-0.39, 0.29) is 11.3 Å². The van der Waals surface area contributed by atoms with Crippen LogP contribution in [0.4, 0.5) is 4.39 Å². The van der Waals surface area contributed by atoms with Crippen LogP contribution in [0.25, 0.3) is 16.6 Å². The second-order valence-corrected chi connectivity index (χ2v) is 6.46. The van der Waals surface area contributed by atoms with Crippen molar-refractivity contribution in [3.63, 3.8) is 0 Å². The fourth-order valence-corrected chi connectivity index (χ4v) is 3.19. The van der Waals surface area contributed by atoms with Crippen LogP contribution in [0.5, 0.6) is 5.88 Å². The van der Waals surface area contributed by atoms with Crippen LogP contribution < -0.4 is 11.2 Å². The first-order valence-electron chi connectivity index (χ1n) is 8.93. The van der Waals surface area contributed by atoms with Crippen LogP contribution in [-0.4, -0.2) is 32.4 Å². The van der Waals surface area contributed by atoms with Gasteiger partial charge in [0.05, 0.1) is 5.69 Å². The number of nitrogens with zero attached hydrogens (tertiary/aromatic N) is 2. The maximum atomic E-state index is 13.5. The molecule has 0 aliphatic rings. The summed E-state index contributed by atoms with van der Waals surface area (Å²) in [4.78, 5) is 33.7. The highest BCUT2D eigenvalue weighted by atomic mass is 19.1. The first-order chi connectivity index (χ1) is 14.0. The summed E-state index contributed by atoms with van der Waals surface area (Å²) in [6.45, 7) is 0.375. The Morgan fingerprint density at radius 3 is 2.79 bits per heavy atom. The minimum atomic E-state index is -0.867. The van der Waals surface area contributed by atoms with E-state index in [1.807, 2.05) is 30.5 Å². The van der Waals surface area contributed by atoms with Crippen LogP contribution in [0, 0.1) is 5.82 Å². The molecule has 2 aromatic carbocycles. The van der Waals surface area contributed by atoms with E-state index >= 15 is 0 Å². The van der Waals surface area contributed by atoms with Crippen LogP contribution in [0.15, 0.2) is 69.3 Å². The fraction of sp³-hybridized carbons (Fsp3) is 0.0952. The van der Waals surface area contributed by atoms with Gasteiger partial charge in [0.1, 0.15) is 11.4 Å². The highest BCUT2D eigenvalue weighted by Gasteiger charge is 2.14. The summed E-state index contributed by atoms with van der Waals surface area (Å²) in [5.74, 6) is -1.17. The largest absolute Gasteiger partial charge is 0.493 e. The molecule has 2 aromatic heterocycles. The van der Waals surface area contributed by atoms with E-state index in [0.29, 0.717) is 13.0 Å². The number of aromatic nitrogens is 3. The van der Waals surface area contributed by atoms with Gasteiger partial charge >= 0.3 is 5.69 Å². The third-order valence-electron chi connectivity index (χ3n) is 4.59. The van der Waals surface area contributed by atoms with E-state index in [4.69, 9.17) is 0 Å². The Hall–Kier alpha value is -3.94. The molecule has 29 heavy (non-hydrogen) atoms. The van der Waals surface area contributed by atoms with Gasteiger partial charge in [-0.05, 0) is 36.2 Å².